The quantitative estimate of drug-likeness (QED) is 0.923. The van der Waals surface area contributed by atoms with E-state index in [1.165, 1.54) is 11.8 Å². The van der Waals surface area contributed by atoms with E-state index in [1.807, 2.05) is 11.0 Å². The fourth-order valence-corrected chi connectivity index (χ4v) is 3.55. The number of nitrogens with zero attached hydrogens (tertiary/aromatic N) is 3. The molecule has 1 unspecified atom stereocenters. The van der Waals surface area contributed by atoms with Gasteiger partial charge >= 0.3 is 0 Å². The van der Waals surface area contributed by atoms with Gasteiger partial charge in [0.15, 0.2) is 5.69 Å². The Morgan fingerprint density at radius 1 is 1.20 bits per heavy atom. The minimum atomic E-state index is -0.0210. The van der Waals surface area contributed by atoms with E-state index in [-0.39, 0.29) is 11.9 Å². The molecule has 4 rings (SSSR count). The van der Waals surface area contributed by atoms with Crippen LogP contribution >= 0.6 is 0 Å². The summed E-state index contributed by atoms with van der Waals surface area (Å²) in [5, 5.41) is 3.35. The highest BCUT2D eigenvalue weighted by molar-refractivity contribution is 5.92. The first-order valence-electron chi connectivity index (χ1n) is 9.04. The van der Waals surface area contributed by atoms with Crippen LogP contribution < -0.4 is 5.32 Å². The van der Waals surface area contributed by atoms with E-state index < -0.39 is 0 Å². The van der Waals surface area contributed by atoms with Crippen molar-refractivity contribution in [2.75, 3.05) is 32.7 Å². The highest BCUT2D eigenvalue weighted by Gasteiger charge is 2.27. The summed E-state index contributed by atoms with van der Waals surface area (Å²) >= 11 is 0. The van der Waals surface area contributed by atoms with Crippen molar-refractivity contribution in [1.29, 1.82) is 0 Å². The largest absolute Gasteiger partial charge is 0.446 e. The van der Waals surface area contributed by atoms with E-state index in [0.29, 0.717) is 11.6 Å². The van der Waals surface area contributed by atoms with E-state index in [4.69, 9.17) is 4.42 Å². The normalized spacial score (nSPS) is 21.6. The van der Waals surface area contributed by atoms with E-state index in [0.717, 1.165) is 52.1 Å². The first-order chi connectivity index (χ1) is 12.3. The Balaban J connectivity index is 1.32. The molecule has 1 aromatic heterocycles. The van der Waals surface area contributed by atoms with Crippen LogP contribution in [0.5, 0.6) is 0 Å². The van der Waals surface area contributed by atoms with Crippen molar-refractivity contribution < 1.29 is 9.21 Å². The molecule has 2 aromatic rings. The molecule has 2 saturated heterocycles. The van der Waals surface area contributed by atoms with Gasteiger partial charge in [0.05, 0.1) is 6.04 Å². The second-order valence-electron chi connectivity index (χ2n) is 6.77. The van der Waals surface area contributed by atoms with Crippen LogP contribution in [0, 0.1) is 0 Å². The summed E-state index contributed by atoms with van der Waals surface area (Å²) in [4.78, 5) is 21.3. The van der Waals surface area contributed by atoms with E-state index in [1.54, 1.807) is 0 Å². The zero-order valence-electron chi connectivity index (χ0n) is 14.4. The molecule has 3 heterocycles. The standard InChI is InChI=1S/C19H24N4O2/c24-19(17-14-25-18(21-17)16-7-4-8-20-16)23-11-9-22(10-12-23)13-15-5-2-1-3-6-15/h1-3,5-6,14,16,20H,4,7-13H2. The van der Waals surface area contributed by atoms with E-state index in [9.17, 15) is 4.79 Å². The predicted octanol–water partition coefficient (Wildman–Crippen LogP) is 2.06. The van der Waals surface area contributed by atoms with Crippen LogP contribution in [0.15, 0.2) is 41.0 Å². The number of carbonyl (C=O) groups is 1. The minimum absolute atomic E-state index is 0.0210. The molecule has 1 aromatic carbocycles. The van der Waals surface area contributed by atoms with Crippen molar-refractivity contribution >= 4 is 5.91 Å². The van der Waals surface area contributed by atoms with Crippen LogP contribution in [0.1, 0.15) is 40.8 Å². The van der Waals surface area contributed by atoms with Gasteiger partial charge in [-0.25, -0.2) is 4.98 Å². The zero-order chi connectivity index (χ0) is 17.1. The molecule has 25 heavy (non-hydrogen) atoms. The second-order valence-corrected chi connectivity index (χ2v) is 6.77. The lowest BCUT2D eigenvalue weighted by Gasteiger charge is -2.34. The monoisotopic (exact) mass is 340 g/mol. The second kappa shape index (κ2) is 7.37. The van der Waals surface area contributed by atoms with Crippen molar-refractivity contribution in [3.05, 3.63) is 53.7 Å². The van der Waals surface area contributed by atoms with Gasteiger partial charge in [-0.3, -0.25) is 9.69 Å². The molecule has 0 bridgehead atoms. The Morgan fingerprint density at radius 2 is 2.00 bits per heavy atom. The molecular weight excluding hydrogens is 316 g/mol. The lowest BCUT2D eigenvalue weighted by molar-refractivity contribution is 0.0622. The van der Waals surface area contributed by atoms with Gasteiger partial charge in [0.1, 0.15) is 6.26 Å². The number of nitrogens with one attached hydrogen (secondary N) is 1. The molecule has 0 radical (unpaired) electrons. The van der Waals surface area contributed by atoms with Gasteiger partial charge in [0, 0.05) is 32.7 Å². The molecule has 2 aliphatic heterocycles. The summed E-state index contributed by atoms with van der Waals surface area (Å²) in [6, 6.07) is 10.6. The summed E-state index contributed by atoms with van der Waals surface area (Å²) in [5.74, 6) is 0.621. The van der Waals surface area contributed by atoms with Gasteiger partial charge in [-0.1, -0.05) is 30.3 Å². The number of amides is 1. The SMILES string of the molecule is O=C(c1coc(C2CCCN2)n1)N1CCN(Cc2ccccc2)CC1. The van der Waals surface area contributed by atoms with Gasteiger partial charge in [0.25, 0.3) is 5.91 Å². The summed E-state index contributed by atoms with van der Waals surface area (Å²) in [6.07, 6.45) is 3.65. The average Bonchev–Trinajstić information content (AvgIpc) is 3.34. The molecule has 6 heteroatoms. The highest BCUT2D eigenvalue weighted by atomic mass is 16.3. The number of oxazole rings is 1. The Bertz CT molecular complexity index is 701. The van der Waals surface area contributed by atoms with Crippen molar-refractivity contribution in [3.8, 4) is 0 Å². The topological polar surface area (TPSA) is 61.6 Å². The molecule has 132 valence electrons. The Hall–Kier alpha value is -2.18. The van der Waals surface area contributed by atoms with Crippen molar-refractivity contribution in [2.45, 2.75) is 25.4 Å². The van der Waals surface area contributed by atoms with E-state index >= 15 is 0 Å². The maximum atomic E-state index is 12.7. The number of rotatable bonds is 4. The highest BCUT2D eigenvalue weighted by Crippen LogP contribution is 2.22. The Kier molecular flexibility index (Phi) is 4.81. The first-order valence-corrected chi connectivity index (χ1v) is 9.04. The number of aromatic nitrogens is 1. The van der Waals surface area contributed by atoms with Crippen molar-refractivity contribution in [3.63, 3.8) is 0 Å². The number of hydrogen-bond donors (Lipinski definition) is 1. The third-order valence-electron chi connectivity index (χ3n) is 5.01. The van der Waals surface area contributed by atoms with Gasteiger partial charge < -0.3 is 14.6 Å². The van der Waals surface area contributed by atoms with Gasteiger partial charge in [-0.05, 0) is 24.9 Å². The third-order valence-corrected chi connectivity index (χ3v) is 5.01. The third kappa shape index (κ3) is 3.75. The van der Waals surface area contributed by atoms with Crippen molar-refractivity contribution in [2.24, 2.45) is 0 Å². The molecule has 1 amide bonds. The van der Waals surface area contributed by atoms with Crippen LogP contribution in [0.3, 0.4) is 0 Å². The maximum absolute atomic E-state index is 12.7. The summed E-state index contributed by atoms with van der Waals surface area (Å²) in [7, 11) is 0. The molecule has 0 spiro atoms. The molecular formula is C19H24N4O2. The lowest BCUT2D eigenvalue weighted by Crippen LogP contribution is -2.48. The molecule has 0 saturated carbocycles. The first kappa shape index (κ1) is 16.3. The fourth-order valence-electron chi connectivity index (χ4n) is 3.55. The molecule has 0 aliphatic carbocycles. The van der Waals surface area contributed by atoms with Crippen LogP contribution in [-0.2, 0) is 6.54 Å². The molecule has 2 aliphatic rings. The number of carbonyl (C=O) groups excluding carboxylic acids is 1. The lowest BCUT2D eigenvalue weighted by atomic mass is 10.2. The minimum Gasteiger partial charge on any atom is -0.446 e. The molecule has 1 atom stereocenters. The van der Waals surface area contributed by atoms with Gasteiger partial charge in [0.2, 0.25) is 5.89 Å². The summed E-state index contributed by atoms with van der Waals surface area (Å²) in [6.45, 7) is 5.15. The fraction of sp³-hybridized carbons (Fsp3) is 0.474. The number of piperazine rings is 1. The average molecular weight is 340 g/mol. The van der Waals surface area contributed by atoms with Crippen LogP contribution in [0.4, 0.5) is 0 Å². The van der Waals surface area contributed by atoms with Gasteiger partial charge in [-0.2, -0.15) is 0 Å². The zero-order valence-corrected chi connectivity index (χ0v) is 14.4. The maximum Gasteiger partial charge on any atom is 0.275 e. The number of hydrogen-bond acceptors (Lipinski definition) is 5. The van der Waals surface area contributed by atoms with Crippen LogP contribution in [0.2, 0.25) is 0 Å². The smallest absolute Gasteiger partial charge is 0.275 e. The number of benzene rings is 1. The summed E-state index contributed by atoms with van der Waals surface area (Å²) < 4.78 is 5.53. The molecule has 2 fully saturated rings. The van der Waals surface area contributed by atoms with Crippen LogP contribution in [-0.4, -0.2) is 53.4 Å². The molecule has 6 nitrogen and oxygen atoms in total. The van der Waals surface area contributed by atoms with Crippen LogP contribution in [0.25, 0.3) is 0 Å². The van der Waals surface area contributed by atoms with Gasteiger partial charge in [-0.15, -0.1) is 0 Å². The Labute approximate surface area is 147 Å². The summed E-state index contributed by atoms with van der Waals surface area (Å²) in [5.41, 5.74) is 1.74. The molecule has 1 N–H and O–H groups in total. The predicted molar refractivity (Wildman–Crippen MR) is 94.1 cm³/mol. The van der Waals surface area contributed by atoms with Crippen molar-refractivity contribution in [1.82, 2.24) is 20.1 Å². The van der Waals surface area contributed by atoms with E-state index in [2.05, 4.69) is 39.5 Å². The Morgan fingerprint density at radius 3 is 2.72 bits per heavy atom.